The molecule has 4 rings (SSSR count). The number of hydrogen-bond donors (Lipinski definition) is 0. The van der Waals surface area contributed by atoms with Crippen LogP contribution in [0.5, 0.6) is 0 Å². The van der Waals surface area contributed by atoms with Gasteiger partial charge >= 0.3 is 5.97 Å². The van der Waals surface area contributed by atoms with E-state index in [2.05, 4.69) is 0 Å². The van der Waals surface area contributed by atoms with Crippen molar-refractivity contribution in [3.63, 3.8) is 0 Å². The second-order valence-corrected chi connectivity index (χ2v) is 7.22. The summed E-state index contributed by atoms with van der Waals surface area (Å²) in [5.74, 6) is -1.80. The molecule has 156 valence electrons. The van der Waals surface area contributed by atoms with E-state index in [0.29, 0.717) is 16.8 Å². The number of rotatable bonds is 6. The number of fused-ring (bicyclic) bond motifs is 3. The van der Waals surface area contributed by atoms with E-state index in [1.807, 2.05) is 0 Å². The van der Waals surface area contributed by atoms with Gasteiger partial charge in [0, 0.05) is 26.5 Å². The Kier molecular flexibility index (Phi) is 5.26. The number of anilines is 1. The first-order valence-corrected chi connectivity index (χ1v) is 9.63. The highest BCUT2D eigenvalue weighted by molar-refractivity contribution is 6.15. The van der Waals surface area contributed by atoms with Gasteiger partial charge in [-0.25, -0.2) is 9.18 Å². The summed E-state index contributed by atoms with van der Waals surface area (Å²) >= 11 is 0. The Hall–Kier alpha value is -3.26. The van der Waals surface area contributed by atoms with Gasteiger partial charge in [-0.05, 0) is 29.8 Å². The molecule has 30 heavy (non-hydrogen) atoms. The Morgan fingerprint density at radius 1 is 1.17 bits per heavy atom. The van der Waals surface area contributed by atoms with Gasteiger partial charge in [0.25, 0.3) is 5.91 Å². The highest BCUT2D eigenvalue weighted by atomic mass is 19.1. The lowest BCUT2D eigenvalue weighted by molar-refractivity contribution is -0.159. The molecule has 0 aliphatic carbocycles. The summed E-state index contributed by atoms with van der Waals surface area (Å²) in [7, 11) is 1.49. The van der Waals surface area contributed by atoms with Gasteiger partial charge in [-0.15, -0.1) is 0 Å². The molecule has 1 saturated heterocycles. The van der Waals surface area contributed by atoms with Crippen LogP contribution in [0.2, 0.25) is 0 Å². The first-order valence-electron chi connectivity index (χ1n) is 9.63. The number of halogens is 1. The quantitative estimate of drug-likeness (QED) is 0.682. The molecule has 0 saturated carbocycles. The molecule has 0 radical (unpaired) electrons. The Balaban J connectivity index is 1.73. The van der Waals surface area contributed by atoms with Crippen LogP contribution in [-0.4, -0.2) is 48.6 Å². The van der Waals surface area contributed by atoms with Crippen LogP contribution in [0.1, 0.15) is 28.8 Å². The van der Waals surface area contributed by atoms with E-state index in [0.717, 1.165) is 0 Å². The maximum atomic E-state index is 13.5. The molecular formula is C22H21FN2O5. The van der Waals surface area contributed by atoms with Crippen LogP contribution in [0.4, 0.5) is 10.1 Å². The molecule has 0 bridgehead atoms. The van der Waals surface area contributed by atoms with E-state index in [4.69, 9.17) is 9.47 Å². The minimum Gasteiger partial charge on any atom is -0.458 e. The number of nitrogens with zero attached hydrogens (tertiary/aromatic N) is 2. The van der Waals surface area contributed by atoms with Crippen molar-refractivity contribution in [1.29, 1.82) is 0 Å². The van der Waals surface area contributed by atoms with E-state index >= 15 is 0 Å². The highest BCUT2D eigenvalue weighted by Gasteiger charge is 2.61. The van der Waals surface area contributed by atoms with E-state index < -0.39 is 17.4 Å². The Bertz CT molecular complexity index is 1010. The summed E-state index contributed by atoms with van der Waals surface area (Å²) in [6.45, 7) is 0.131. The lowest BCUT2D eigenvalue weighted by atomic mass is 9.96. The van der Waals surface area contributed by atoms with Crippen LogP contribution in [-0.2, 0) is 25.7 Å². The predicted octanol–water partition coefficient (Wildman–Crippen LogP) is 2.49. The summed E-state index contributed by atoms with van der Waals surface area (Å²) in [4.78, 5) is 42.2. The van der Waals surface area contributed by atoms with E-state index in [9.17, 15) is 18.8 Å². The van der Waals surface area contributed by atoms with Crippen molar-refractivity contribution in [2.24, 2.45) is 0 Å². The van der Waals surface area contributed by atoms with Gasteiger partial charge in [-0.2, -0.15) is 0 Å². The summed E-state index contributed by atoms with van der Waals surface area (Å²) in [6.07, 6.45) is 0.206. The maximum absolute atomic E-state index is 13.5. The van der Waals surface area contributed by atoms with Crippen LogP contribution in [0, 0.1) is 5.82 Å². The van der Waals surface area contributed by atoms with Gasteiger partial charge < -0.3 is 14.4 Å². The van der Waals surface area contributed by atoms with Gasteiger partial charge in [0.05, 0.1) is 17.9 Å². The molecule has 8 heteroatoms. The molecule has 2 aliphatic rings. The molecule has 0 spiro atoms. The zero-order valence-corrected chi connectivity index (χ0v) is 16.5. The van der Waals surface area contributed by atoms with Gasteiger partial charge in [0.2, 0.25) is 11.6 Å². The third-order valence-corrected chi connectivity index (χ3v) is 5.48. The molecule has 2 heterocycles. The number of ether oxygens (including phenoxy) is 2. The molecular weight excluding hydrogens is 391 g/mol. The van der Waals surface area contributed by atoms with Crippen LogP contribution in [0.3, 0.4) is 0 Å². The number of hydrogen-bond acceptors (Lipinski definition) is 5. The third-order valence-electron chi connectivity index (χ3n) is 5.48. The number of carbonyl (C=O) groups is 3. The highest BCUT2D eigenvalue weighted by Crippen LogP contribution is 2.45. The second-order valence-electron chi connectivity index (χ2n) is 7.22. The number of para-hydroxylation sites is 1. The fourth-order valence-corrected chi connectivity index (χ4v) is 4.13. The van der Waals surface area contributed by atoms with E-state index in [-0.39, 0.29) is 44.4 Å². The third kappa shape index (κ3) is 3.13. The van der Waals surface area contributed by atoms with Crippen LogP contribution < -0.4 is 4.90 Å². The monoisotopic (exact) mass is 412 g/mol. The SMILES string of the molecule is COCCN1C(=O)c2ccccc2N2C(=O)CCC12C(=O)OCc1cccc(F)c1. The van der Waals surface area contributed by atoms with Crippen molar-refractivity contribution in [3.8, 4) is 0 Å². The minimum absolute atomic E-state index is 0.0974. The van der Waals surface area contributed by atoms with Gasteiger partial charge in [0.1, 0.15) is 12.4 Å². The van der Waals surface area contributed by atoms with Crippen molar-refractivity contribution in [2.75, 3.05) is 25.2 Å². The van der Waals surface area contributed by atoms with Gasteiger partial charge in [-0.3, -0.25) is 14.5 Å². The van der Waals surface area contributed by atoms with Gasteiger partial charge in [-0.1, -0.05) is 24.3 Å². The van der Waals surface area contributed by atoms with E-state index in [1.165, 1.54) is 35.1 Å². The fourth-order valence-electron chi connectivity index (χ4n) is 4.13. The van der Waals surface area contributed by atoms with Crippen molar-refractivity contribution in [1.82, 2.24) is 4.90 Å². The average Bonchev–Trinajstić information content (AvgIpc) is 3.10. The number of esters is 1. The number of carbonyl (C=O) groups excluding carboxylic acids is 3. The summed E-state index contributed by atoms with van der Waals surface area (Å²) in [5, 5.41) is 0. The Morgan fingerprint density at radius 2 is 1.97 bits per heavy atom. The predicted molar refractivity (Wildman–Crippen MR) is 105 cm³/mol. The zero-order chi connectivity index (χ0) is 21.3. The van der Waals surface area contributed by atoms with Crippen LogP contribution in [0.25, 0.3) is 0 Å². The lowest BCUT2D eigenvalue weighted by Gasteiger charge is -2.48. The number of benzene rings is 2. The van der Waals surface area contributed by atoms with Crippen molar-refractivity contribution < 1.29 is 28.2 Å². The molecule has 0 aromatic heterocycles. The summed E-state index contributed by atoms with van der Waals surface area (Å²) in [5.41, 5.74) is -0.380. The first kappa shape index (κ1) is 20.0. The van der Waals surface area contributed by atoms with Crippen molar-refractivity contribution in [3.05, 3.63) is 65.5 Å². The summed E-state index contributed by atoms with van der Waals surface area (Å²) < 4.78 is 24.1. The van der Waals surface area contributed by atoms with Crippen molar-refractivity contribution in [2.45, 2.75) is 25.1 Å². The molecule has 0 N–H and O–H groups in total. The first-order chi connectivity index (χ1) is 14.5. The van der Waals surface area contributed by atoms with Crippen molar-refractivity contribution >= 4 is 23.5 Å². The molecule has 1 unspecified atom stereocenters. The smallest absolute Gasteiger partial charge is 0.354 e. The van der Waals surface area contributed by atoms with Gasteiger partial charge in [0.15, 0.2) is 0 Å². The van der Waals surface area contributed by atoms with Crippen LogP contribution >= 0.6 is 0 Å². The molecule has 1 fully saturated rings. The largest absolute Gasteiger partial charge is 0.458 e. The second kappa shape index (κ2) is 7.87. The standard InChI is InChI=1S/C22H21FN2O5/c1-29-12-11-24-20(27)17-7-2-3-8-18(17)25-19(26)9-10-22(24,25)21(28)30-14-15-5-4-6-16(23)13-15/h2-8,13H,9-12,14H2,1H3. The molecule has 2 aliphatic heterocycles. The molecule has 2 aromatic rings. The molecule has 2 amide bonds. The van der Waals surface area contributed by atoms with Crippen LogP contribution in [0.15, 0.2) is 48.5 Å². The fraction of sp³-hybridized carbons (Fsp3) is 0.318. The number of methoxy groups -OCH3 is 1. The lowest BCUT2D eigenvalue weighted by Crippen LogP contribution is -2.68. The zero-order valence-electron chi connectivity index (χ0n) is 16.5. The maximum Gasteiger partial charge on any atom is 0.354 e. The number of amides is 2. The topological polar surface area (TPSA) is 76.2 Å². The average molecular weight is 412 g/mol. The Morgan fingerprint density at radius 3 is 2.73 bits per heavy atom. The van der Waals surface area contributed by atoms with E-state index in [1.54, 1.807) is 30.3 Å². The Labute approximate surface area is 173 Å². The summed E-state index contributed by atoms with van der Waals surface area (Å²) in [6, 6.07) is 12.4. The normalized spacial score (nSPS) is 20.2. The molecule has 7 nitrogen and oxygen atoms in total. The molecule has 1 atom stereocenters. The minimum atomic E-state index is -1.59. The molecule has 2 aromatic carbocycles.